The minimum Gasteiger partial charge on any atom is -0.381 e. The van der Waals surface area contributed by atoms with Gasteiger partial charge in [0.15, 0.2) is 0 Å². The highest BCUT2D eigenvalue weighted by molar-refractivity contribution is 6.30. The molecule has 0 unspecified atom stereocenters. The van der Waals surface area contributed by atoms with E-state index >= 15 is 0 Å². The molecule has 1 fully saturated rings. The first-order chi connectivity index (χ1) is 15.3. The minimum atomic E-state index is -3.23. The number of carbonyl (C=O) groups excluding carboxylic acids is 1. The van der Waals surface area contributed by atoms with E-state index in [1.54, 1.807) is 24.3 Å². The topological polar surface area (TPSA) is 79.4 Å². The number of imidazole rings is 1. The summed E-state index contributed by atoms with van der Waals surface area (Å²) in [6.45, 7) is 1.90. The Hall–Kier alpha value is -3.02. The maximum atomic E-state index is 14.5. The molecule has 0 aliphatic carbocycles. The molecule has 1 N–H and O–H groups in total. The van der Waals surface area contributed by atoms with Crippen molar-refractivity contribution in [3.05, 3.63) is 69.6 Å². The third-order valence-corrected chi connectivity index (χ3v) is 5.70. The fraction of sp³-hybridized carbons (Fsp3) is 0.348. The monoisotopic (exact) mass is 458 g/mol. The van der Waals surface area contributed by atoms with Crippen LogP contribution in [-0.4, -0.2) is 34.5 Å². The summed E-state index contributed by atoms with van der Waals surface area (Å²) in [6, 6.07) is 11.7. The lowest BCUT2D eigenvalue weighted by atomic mass is 10.1. The van der Waals surface area contributed by atoms with E-state index in [1.165, 1.54) is 16.5 Å². The highest BCUT2D eigenvalue weighted by atomic mass is 35.5. The smallest absolute Gasteiger partial charge is 0.288 e. The molecule has 0 bridgehead atoms. The maximum absolute atomic E-state index is 14.5. The number of nitriles is 1. The van der Waals surface area contributed by atoms with Gasteiger partial charge in [-0.3, -0.25) is 9.20 Å². The maximum Gasteiger partial charge on any atom is 0.288 e. The molecule has 0 spiro atoms. The fourth-order valence-electron chi connectivity index (χ4n) is 3.87. The Morgan fingerprint density at radius 2 is 2.00 bits per heavy atom. The van der Waals surface area contributed by atoms with E-state index in [0.29, 0.717) is 31.1 Å². The Balaban J connectivity index is 1.77. The Morgan fingerprint density at radius 3 is 2.62 bits per heavy atom. The number of hydrogen-bond acceptors (Lipinski definition) is 4. The number of carbonyl (C=O) groups is 1. The summed E-state index contributed by atoms with van der Waals surface area (Å²) >= 11 is 5.93. The molecule has 1 aromatic carbocycles. The van der Waals surface area contributed by atoms with Gasteiger partial charge in [-0.15, -0.1) is 0 Å². The number of aromatic nitrogens is 2. The lowest BCUT2D eigenvalue weighted by Gasteiger charge is -2.23. The minimum absolute atomic E-state index is 0.0336. The van der Waals surface area contributed by atoms with Gasteiger partial charge >= 0.3 is 0 Å². The van der Waals surface area contributed by atoms with E-state index in [9.17, 15) is 18.8 Å². The second kappa shape index (κ2) is 8.85. The van der Waals surface area contributed by atoms with Crippen LogP contribution in [0.4, 0.5) is 8.78 Å². The van der Waals surface area contributed by atoms with Crippen LogP contribution in [-0.2, 0) is 17.1 Å². The van der Waals surface area contributed by atoms with Crippen LogP contribution in [0.15, 0.2) is 36.4 Å². The number of alkyl halides is 2. The SMILES string of the molecule is CC(F)(F)c1nc2cc(C(=O)NC3CCOCC3)cc(C#N)n2c1Cc1ccc(Cl)cc1. The highest BCUT2D eigenvalue weighted by Crippen LogP contribution is 2.32. The molecule has 2 aromatic heterocycles. The van der Waals surface area contributed by atoms with Gasteiger partial charge < -0.3 is 10.1 Å². The van der Waals surface area contributed by atoms with Crippen molar-refractivity contribution in [2.75, 3.05) is 13.2 Å². The van der Waals surface area contributed by atoms with Crippen LogP contribution in [0.25, 0.3) is 5.65 Å². The third kappa shape index (κ3) is 4.59. The number of benzene rings is 1. The predicted molar refractivity (Wildman–Crippen MR) is 115 cm³/mol. The van der Waals surface area contributed by atoms with Gasteiger partial charge in [-0.1, -0.05) is 23.7 Å². The number of pyridine rings is 1. The Kier molecular flexibility index (Phi) is 6.13. The molecule has 0 saturated carbocycles. The van der Waals surface area contributed by atoms with Gasteiger partial charge in [0, 0.05) is 43.2 Å². The standard InChI is InChI=1S/C23H21ClF2N4O2/c1-23(25,26)21-19(10-14-2-4-16(24)5-3-14)30-18(13-27)11-15(12-20(30)29-21)22(31)28-17-6-8-32-9-7-17/h2-5,11-12,17H,6-10H2,1H3,(H,28,31). The zero-order chi connectivity index (χ0) is 22.9. The molecular weight excluding hydrogens is 438 g/mol. The molecule has 1 amide bonds. The average Bonchev–Trinajstić information content (AvgIpc) is 3.14. The number of fused-ring (bicyclic) bond motifs is 1. The number of nitrogens with one attached hydrogen (secondary N) is 1. The number of amides is 1. The van der Waals surface area contributed by atoms with Crippen LogP contribution in [0.3, 0.4) is 0 Å². The average molecular weight is 459 g/mol. The van der Waals surface area contributed by atoms with Gasteiger partial charge in [0.2, 0.25) is 0 Å². The number of halogens is 3. The molecule has 1 aliphatic rings. The molecule has 0 radical (unpaired) electrons. The molecule has 32 heavy (non-hydrogen) atoms. The third-order valence-electron chi connectivity index (χ3n) is 5.45. The lowest BCUT2D eigenvalue weighted by Crippen LogP contribution is -2.38. The zero-order valence-electron chi connectivity index (χ0n) is 17.4. The zero-order valence-corrected chi connectivity index (χ0v) is 18.1. The summed E-state index contributed by atoms with van der Waals surface area (Å²) in [7, 11) is 0. The predicted octanol–water partition coefficient (Wildman–Crippen LogP) is 4.47. The second-order valence-corrected chi connectivity index (χ2v) is 8.33. The molecule has 4 rings (SSSR count). The van der Waals surface area contributed by atoms with Crippen LogP contribution >= 0.6 is 11.6 Å². The summed E-state index contributed by atoms with van der Waals surface area (Å²) < 4.78 is 35.6. The van der Waals surface area contributed by atoms with Gasteiger partial charge in [0.25, 0.3) is 11.8 Å². The molecule has 1 saturated heterocycles. The van der Waals surface area contributed by atoms with E-state index in [4.69, 9.17) is 16.3 Å². The summed E-state index contributed by atoms with van der Waals surface area (Å²) in [4.78, 5) is 16.9. The van der Waals surface area contributed by atoms with Gasteiger partial charge in [0.05, 0.1) is 5.69 Å². The van der Waals surface area contributed by atoms with Crippen LogP contribution in [0.5, 0.6) is 0 Å². The van der Waals surface area contributed by atoms with Crippen molar-refractivity contribution in [3.8, 4) is 6.07 Å². The number of nitrogens with zero attached hydrogens (tertiary/aromatic N) is 3. The summed E-state index contributed by atoms with van der Waals surface area (Å²) in [5.41, 5.74) is 0.906. The summed E-state index contributed by atoms with van der Waals surface area (Å²) in [5, 5.41) is 13.2. The second-order valence-electron chi connectivity index (χ2n) is 7.89. The van der Waals surface area contributed by atoms with E-state index in [1.807, 2.05) is 6.07 Å². The molecule has 3 aromatic rings. The first-order valence-corrected chi connectivity index (χ1v) is 10.6. The highest BCUT2D eigenvalue weighted by Gasteiger charge is 2.33. The number of rotatable bonds is 5. The number of hydrogen-bond donors (Lipinski definition) is 1. The molecule has 1 aliphatic heterocycles. The summed E-state index contributed by atoms with van der Waals surface area (Å²) in [6.07, 6.45) is 1.51. The molecule has 166 valence electrons. The van der Waals surface area contributed by atoms with Gasteiger partial charge in [0.1, 0.15) is 23.1 Å². The molecule has 0 atom stereocenters. The lowest BCUT2D eigenvalue weighted by molar-refractivity contribution is 0.0124. The van der Waals surface area contributed by atoms with Crippen molar-refractivity contribution in [2.24, 2.45) is 0 Å². The van der Waals surface area contributed by atoms with Crippen molar-refractivity contribution in [1.82, 2.24) is 14.7 Å². The van der Waals surface area contributed by atoms with Crippen molar-refractivity contribution < 1.29 is 18.3 Å². The van der Waals surface area contributed by atoms with Gasteiger partial charge in [-0.25, -0.2) is 4.98 Å². The van der Waals surface area contributed by atoms with Crippen molar-refractivity contribution >= 4 is 23.2 Å². The molecule has 6 nitrogen and oxygen atoms in total. The van der Waals surface area contributed by atoms with Gasteiger partial charge in [-0.2, -0.15) is 14.0 Å². The Bertz CT molecular complexity index is 1190. The van der Waals surface area contributed by atoms with Crippen molar-refractivity contribution in [2.45, 2.75) is 38.2 Å². The van der Waals surface area contributed by atoms with Crippen LogP contribution in [0, 0.1) is 11.3 Å². The molecule has 3 heterocycles. The first-order valence-electron chi connectivity index (χ1n) is 10.2. The van der Waals surface area contributed by atoms with Gasteiger partial charge in [-0.05, 0) is 42.7 Å². The van der Waals surface area contributed by atoms with E-state index in [0.717, 1.165) is 12.5 Å². The fourth-order valence-corrected chi connectivity index (χ4v) is 3.99. The van der Waals surface area contributed by atoms with Crippen LogP contribution < -0.4 is 5.32 Å². The van der Waals surface area contributed by atoms with E-state index in [-0.39, 0.29) is 41.0 Å². The first kappa shape index (κ1) is 22.2. The van der Waals surface area contributed by atoms with Crippen LogP contribution in [0.1, 0.15) is 52.8 Å². The van der Waals surface area contributed by atoms with Crippen molar-refractivity contribution in [1.29, 1.82) is 5.26 Å². The van der Waals surface area contributed by atoms with Crippen LogP contribution in [0.2, 0.25) is 5.02 Å². The quantitative estimate of drug-likeness (QED) is 0.611. The van der Waals surface area contributed by atoms with Crippen molar-refractivity contribution in [3.63, 3.8) is 0 Å². The number of ether oxygens (including phenoxy) is 1. The van der Waals surface area contributed by atoms with E-state index in [2.05, 4.69) is 10.3 Å². The largest absolute Gasteiger partial charge is 0.381 e. The van der Waals surface area contributed by atoms with E-state index < -0.39 is 11.6 Å². The Labute approximate surface area is 188 Å². The normalized spacial score (nSPS) is 15.0. The Morgan fingerprint density at radius 1 is 1.31 bits per heavy atom. The molecule has 9 heteroatoms. The molecular formula is C23H21ClF2N4O2. The summed E-state index contributed by atoms with van der Waals surface area (Å²) in [5.74, 6) is -3.60.